The predicted molar refractivity (Wildman–Crippen MR) is 248 cm³/mol. The maximum Gasteiger partial charge on any atom is 0.164 e. The van der Waals surface area contributed by atoms with Gasteiger partial charge in [0.1, 0.15) is 0 Å². The van der Waals surface area contributed by atoms with E-state index >= 15 is 0 Å². The lowest BCUT2D eigenvalue weighted by Crippen LogP contribution is -2.15. The van der Waals surface area contributed by atoms with Gasteiger partial charge in [-0.1, -0.05) is 185 Å². The van der Waals surface area contributed by atoms with Crippen LogP contribution in [-0.2, 0) is 10.8 Å². The summed E-state index contributed by atoms with van der Waals surface area (Å²) in [6.07, 6.45) is 0. The molecule has 1 heterocycles. The molecule has 60 heavy (non-hydrogen) atoms. The fourth-order valence-electron chi connectivity index (χ4n) is 9.65. The topological polar surface area (TPSA) is 38.7 Å². The van der Waals surface area contributed by atoms with Crippen LogP contribution in [0.25, 0.3) is 89.8 Å². The lowest BCUT2D eigenvalue weighted by atomic mass is 9.81. The molecule has 0 saturated heterocycles. The highest BCUT2D eigenvalue weighted by Crippen LogP contribution is 2.51. The van der Waals surface area contributed by atoms with Crippen molar-refractivity contribution in [2.45, 2.75) is 38.5 Å². The molecule has 3 heteroatoms. The molecule has 2 aliphatic carbocycles. The average molecular weight is 770 g/mol. The molecule has 0 aliphatic heterocycles. The summed E-state index contributed by atoms with van der Waals surface area (Å²) in [6, 6.07) is 67.8. The fraction of sp³-hybridized carbons (Fsp3) is 0.105. The first-order valence-electron chi connectivity index (χ1n) is 20.8. The van der Waals surface area contributed by atoms with Gasteiger partial charge < -0.3 is 0 Å². The second-order valence-corrected chi connectivity index (χ2v) is 17.3. The van der Waals surface area contributed by atoms with Gasteiger partial charge in [0.25, 0.3) is 0 Å². The van der Waals surface area contributed by atoms with Crippen molar-refractivity contribution in [3.63, 3.8) is 0 Å². The van der Waals surface area contributed by atoms with Crippen molar-refractivity contribution in [2.75, 3.05) is 0 Å². The number of nitrogens with zero attached hydrogens (tertiary/aromatic N) is 3. The van der Waals surface area contributed by atoms with E-state index in [0.717, 1.165) is 38.9 Å². The lowest BCUT2D eigenvalue weighted by molar-refractivity contribution is 0.660. The van der Waals surface area contributed by atoms with Gasteiger partial charge in [-0.05, 0) is 108 Å². The minimum atomic E-state index is -0.148. The minimum absolute atomic E-state index is 0.116. The van der Waals surface area contributed by atoms with Gasteiger partial charge in [0, 0.05) is 27.5 Å². The van der Waals surface area contributed by atoms with Gasteiger partial charge in [0.05, 0.1) is 0 Å². The van der Waals surface area contributed by atoms with Crippen LogP contribution in [-0.4, -0.2) is 15.0 Å². The lowest BCUT2D eigenvalue weighted by Gasteiger charge is -2.22. The maximum absolute atomic E-state index is 5.33. The molecule has 1 aromatic heterocycles. The molecule has 0 spiro atoms. The highest BCUT2D eigenvalue weighted by molar-refractivity contribution is 5.87. The van der Waals surface area contributed by atoms with Crippen LogP contribution in [0.5, 0.6) is 0 Å². The number of fused-ring (bicyclic) bond motifs is 6. The number of hydrogen-bond acceptors (Lipinski definition) is 3. The van der Waals surface area contributed by atoms with Crippen LogP contribution in [0.4, 0.5) is 0 Å². The summed E-state index contributed by atoms with van der Waals surface area (Å²) < 4.78 is 0. The van der Waals surface area contributed by atoms with E-state index in [4.69, 9.17) is 15.0 Å². The van der Waals surface area contributed by atoms with Crippen LogP contribution < -0.4 is 0 Å². The summed E-state index contributed by atoms with van der Waals surface area (Å²) in [4.78, 5) is 15.7. The Bertz CT molecular complexity index is 3120. The van der Waals surface area contributed by atoms with Gasteiger partial charge in [-0.25, -0.2) is 15.0 Å². The summed E-state index contributed by atoms with van der Waals surface area (Å²) in [5.74, 6) is 1.94. The third-order valence-electron chi connectivity index (χ3n) is 12.9. The molecule has 0 bridgehead atoms. The molecule has 3 nitrogen and oxygen atoms in total. The van der Waals surface area contributed by atoms with Crippen LogP contribution in [0.15, 0.2) is 188 Å². The summed E-state index contributed by atoms with van der Waals surface area (Å²) >= 11 is 0. The van der Waals surface area contributed by atoms with E-state index in [-0.39, 0.29) is 10.8 Å². The molecule has 0 radical (unpaired) electrons. The Labute approximate surface area is 352 Å². The Morgan fingerprint density at radius 3 is 1.17 bits per heavy atom. The number of benzene rings is 8. The van der Waals surface area contributed by atoms with Crippen molar-refractivity contribution in [2.24, 2.45) is 0 Å². The molecule has 8 aromatic carbocycles. The minimum Gasteiger partial charge on any atom is -0.208 e. The molecule has 0 unspecified atom stereocenters. The second-order valence-electron chi connectivity index (χ2n) is 17.3. The zero-order valence-corrected chi connectivity index (χ0v) is 34.2. The summed E-state index contributed by atoms with van der Waals surface area (Å²) in [5, 5.41) is 0. The monoisotopic (exact) mass is 769 g/mol. The molecular weight excluding hydrogens is 727 g/mol. The highest BCUT2D eigenvalue weighted by Gasteiger charge is 2.36. The Morgan fingerprint density at radius 1 is 0.250 bits per heavy atom. The van der Waals surface area contributed by atoms with E-state index < -0.39 is 0 Å². The third-order valence-corrected chi connectivity index (χ3v) is 12.9. The van der Waals surface area contributed by atoms with Crippen molar-refractivity contribution in [1.29, 1.82) is 0 Å². The molecule has 0 amide bonds. The molecule has 0 N–H and O–H groups in total. The smallest absolute Gasteiger partial charge is 0.164 e. The quantitative estimate of drug-likeness (QED) is 0.169. The third kappa shape index (κ3) is 5.84. The van der Waals surface area contributed by atoms with E-state index in [0.29, 0.717) is 17.5 Å². The first-order chi connectivity index (χ1) is 29.2. The summed E-state index contributed by atoms with van der Waals surface area (Å²) in [5.41, 5.74) is 20.0. The van der Waals surface area contributed by atoms with Gasteiger partial charge in [0.2, 0.25) is 0 Å². The van der Waals surface area contributed by atoms with Crippen molar-refractivity contribution in [1.82, 2.24) is 15.0 Å². The average Bonchev–Trinajstić information content (AvgIpc) is 3.68. The molecular formula is C57H43N3. The van der Waals surface area contributed by atoms with Crippen molar-refractivity contribution in [3.8, 4) is 89.8 Å². The zero-order chi connectivity index (χ0) is 40.6. The predicted octanol–water partition coefficient (Wildman–Crippen LogP) is 14.5. The van der Waals surface area contributed by atoms with Crippen LogP contribution in [0.2, 0.25) is 0 Å². The Hall–Kier alpha value is -7.23. The summed E-state index contributed by atoms with van der Waals surface area (Å²) in [6.45, 7) is 9.31. The molecule has 286 valence electrons. The molecule has 9 aromatic rings. The standard InChI is InChI=1S/C57H43N3/c1-56(2)49-21-13-11-19-45(49)47-29-27-40(34-51(47)56)43-31-42(38-25-23-37(24-26-38)36-15-7-5-8-16-36)32-44(33-43)55-59-53(39-17-9-6-10-18-39)58-54(60-55)41-28-30-48-46-20-12-14-22-50(46)57(3,4)52(48)35-41/h5-35H,1-4H3. The van der Waals surface area contributed by atoms with E-state index in [9.17, 15) is 0 Å². The van der Waals surface area contributed by atoms with Crippen LogP contribution >= 0.6 is 0 Å². The van der Waals surface area contributed by atoms with E-state index in [1.54, 1.807) is 0 Å². The second kappa shape index (κ2) is 13.7. The molecule has 11 rings (SSSR count). The van der Waals surface area contributed by atoms with Gasteiger partial charge in [-0.15, -0.1) is 0 Å². The van der Waals surface area contributed by atoms with Crippen molar-refractivity contribution < 1.29 is 0 Å². The van der Waals surface area contributed by atoms with Crippen molar-refractivity contribution in [3.05, 3.63) is 210 Å². The van der Waals surface area contributed by atoms with Gasteiger partial charge in [-0.3, -0.25) is 0 Å². The van der Waals surface area contributed by atoms with Crippen LogP contribution in [0, 0.1) is 0 Å². The molecule has 0 fully saturated rings. The van der Waals surface area contributed by atoms with E-state index in [2.05, 4.69) is 198 Å². The van der Waals surface area contributed by atoms with Gasteiger partial charge in [0.15, 0.2) is 17.5 Å². The largest absolute Gasteiger partial charge is 0.208 e. The first-order valence-corrected chi connectivity index (χ1v) is 20.8. The molecule has 0 saturated carbocycles. The Kier molecular flexibility index (Phi) is 8.18. The molecule has 2 aliphatic rings. The van der Waals surface area contributed by atoms with E-state index in [1.165, 1.54) is 55.6 Å². The Morgan fingerprint density at radius 2 is 0.600 bits per heavy atom. The highest BCUT2D eigenvalue weighted by atomic mass is 15.0. The normalized spacial score (nSPS) is 13.9. The zero-order valence-electron chi connectivity index (χ0n) is 34.2. The fourth-order valence-corrected chi connectivity index (χ4v) is 9.65. The van der Waals surface area contributed by atoms with Crippen LogP contribution in [0.1, 0.15) is 49.9 Å². The Balaban J connectivity index is 1.09. The number of hydrogen-bond donors (Lipinski definition) is 0. The number of aromatic nitrogens is 3. The maximum atomic E-state index is 5.33. The van der Waals surface area contributed by atoms with Gasteiger partial charge in [-0.2, -0.15) is 0 Å². The first kappa shape index (κ1) is 35.9. The summed E-state index contributed by atoms with van der Waals surface area (Å²) in [7, 11) is 0. The van der Waals surface area contributed by atoms with Crippen molar-refractivity contribution >= 4 is 0 Å². The van der Waals surface area contributed by atoms with Gasteiger partial charge >= 0.3 is 0 Å². The van der Waals surface area contributed by atoms with Crippen LogP contribution in [0.3, 0.4) is 0 Å². The SMILES string of the molecule is CC1(C)c2ccccc2-c2ccc(-c3cc(-c4ccc(-c5ccccc5)cc4)cc(-c4nc(-c5ccccc5)nc(-c5ccc6c(c5)C(C)(C)c5ccccc5-6)n4)c3)cc21. The number of rotatable bonds is 6. The van der Waals surface area contributed by atoms with E-state index in [1.807, 2.05) is 18.2 Å². The molecule has 0 atom stereocenters.